The molecule has 3 aromatic rings. The average molecular weight is 501 g/mol. The van der Waals surface area contributed by atoms with E-state index in [0.717, 1.165) is 31.0 Å². The Morgan fingerprint density at radius 2 is 1.97 bits per heavy atom. The predicted molar refractivity (Wildman–Crippen MR) is 115 cm³/mol. The molecule has 0 saturated heterocycles. The SMILES string of the molecule is CCBr.CCOC(=O)c1ccc(OC(F)F)c2oc3c(=O)n(C4CCCC4)ncc3c12. The van der Waals surface area contributed by atoms with Gasteiger partial charge in [-0.2, -0.15) is 13.9 Å². The second-order valence-electron chi connectivity index (χ2n) is 6.86. The summed E-state index contributed by atoms with van der Waals surface area (Å²) in [5.74, 6) is -0.917. The fourth-order valence-electron chi connectivity index (χ4n) is 3.74. The number of nitrogens with zero attached hydrogens (tertiary/aromatic N) is 2. The molecule has 2 aromatic heterocycles. The molecule has 0 N–H and O–H groups in total. The molecule has 1 fully saturated rings. The second kappa shape index (κ2) is 10.2. The highest BCUT2D eigenvalue weighted by Gasteiger charge is 2.26. The van der Waals surface area contributed by atoms with Gasteiger partial charge in [-0.25, -0.2) is 9.48 Å². The Hall–Kier alpha value is -2.49. The van der Waals surface area contributed by atoms with Gasteiger partial charge in [0.2, 0.25) is 5.58 Å². The highest BCUT2D eigenvalue weighted by Crippen LogP contribution is 2.37. The standard InChI is InChI=1S/C19H18F2N2O5.C2H5Br/c1-2-26-18(25)11-7-8-13(27-19(20)21)16-14(11)12-9-22-23(10-5-3-4-6-10)17(24)15(12)28-16;1-2-3/h7-10,19H,2-6H2,1H3;2H2,1H3. The Bertz CT molecular complexity index is 1120. The van der Waals surface area contributed by atoms with Gasteiger partial charge in [0.15, 0.2) is 11.3 Å². The summed E-state index contributed by atoms with van der Waals surface area (Å²) in [5.41, 5.74) is -0.521. The van der Waals surface area contributed by atoms with Crippen molar-refractivity contribution in [3.05, 3.63) is 34.2 Å². The van der Waals surface area contributed by atoms with E-state index in [9.17, 15) is 18.4 Å². The first-order valence-corrected chi connectivity index (χ1v) is 11.2. The van der Waals surface area contributed by atoms with Crippen molar-refractivity contribution in [3.63, 3.8) is 0 Å². The van der Waals surface area contributed by atoms with Crippen molar-refractivity contribution in [2.24, 2.45) is 0 Å². The van der Waals surface area contributed by atoms with E-state index in [4.69, 9.17) is 9.15 Å². The van der Waals surface area contributed by atoms with Crippen molar-refractivity contribution in [1.29, 1.82) is 0 Å². The Balaban J connectivity index is 0.000000858. The Morgan fingerprint density at radius 3 is 2.58 bits per heavy atom. The number of aromatic nitrogens is 2. The molecule has 7 nitrogen and oxygen atoms in total. The van der Waals surface area contributed by atoms with E-state index in [0.29, 0.717) is 0 Å². The lowest BCUT2D eigenvalue weighted by Gasteiger charge is -2.10. The second-order valence-corrected chi connectivity index (χ2v) is 7.98. The largest absolute Gasteiger partial charge is 0.462 e. The van der Waals surface area contributed by atoms with Gasteiger partial charge < -0.3 is 13.9 Å². The number of carbonyl (C=O) groups excluding carboxylic acids is 1. The monoisotopic (exact) mass is 500 g/mol. The maximum absolute atomic E-state index is 12.9. The van der Waals surface area contributed by atoms with Gasteiger partial charge in [0.25, 0.3) is 0 Å². The molecule has 31 heavy (non-hydrogen) atoms. The minimum Gasteiger partial charge on any atom is -0.462 e. The van der Waals surface area contributed by atoms with Crippen LogP contribution in [0.15, 0.2) is 27.5 Å². The minimum absolute atomic E-state index is 0.0218. The van der Waals surface area contributed by atoms with Gasteiger partial charge in [0.1, 0.15) is 0 Å². The van der Waals surface area contributed by atoms with Crippen molar-refractivity contribution in [1.82, 2.24) is 9.78 Å². The highest BCUT2D eigenvalue weighted by molar-refractivity contribution is 9.09. The molecule has 1 saturated carbocycles. The van der Waals surface area contributed by atoms with Gasteiger partial charge in [-0.1, -0.05) is 35.7 Å². The maximum Gasteiger partial charge on any atom is 0.387 e. The van der Waals surface area contributed by atoms with Gasteiger partial charge in [0.05, 0.1) is 29.8 Å². The van der Waals surface area contributed by atoms with Crippen LogP contribution in [-0.2, 0) is 4.74 Å². The summed E-state index contributed by atoms with van der Waals surface area (Å²) in [6, 6.07) is 2.49. The van der Waals surface area contributed by atoms with Gasteiger partial charge in [-0.15, -0.1) is 0 Å². The number of hydrogen-bond acceptors (Lipinski definition) is 6. The van der Waals surface area contributed by atoms with E-state index in [1.165, 1.54) is 23.0 Å². The molecule has 0 amide bonds. The first-order valence-electron chi connectivity index (χ1n) is 10.1. The predicted octanol–water partition coefficient (Wildman–Crippen LogP) is 5.44. The Labute approximate surface area is 185 Å². The van der Waals surface area contributed by atoms with E-state index in [1.807, 2.05) is 6.92 Å². The maximum atomic E-state index is 12.9. The molecule has 0 atom stereocenters. The van der Waals surface area contributed by atoms with E-state index in [1.54, 1.807) is 6.92 Å². The first kappa shape index (κ1) is 23.2. The lowest BCUT2D eigenvalue weighted by molar-refractivity contribution is -0.0493. The molecule has 0 radical (unpaired) electrons. The molecule has 1 aromatic carbocycles. The van der Waals surface area contributed by atoms with Crippen LogP contribution in [0.5, 0.6) is 5.75 Å². The van der Waals surface area contributed by atoms with Gasteiger partial charge >= 0.3 is 18.1 Å². The number of alkyl halides is 3. The zero-order chi connectivity index (χ0) is 22.5. The molecular formula is C21H23BrF2N2O5. The van der Waals surface area contributed by atoms with Crippen LogP contribution >= 0.6 is 15.9 Å². The third kappa shape index (κ3) is 4.73. The summed E-state index contributed by atoms with van der Waals surface area (Å²) < 4.78 is 42.2. The van der Waals surface area contributed by atoms with Crippen LogP contribution in [0.1, 0.15) is 55.9 Å². The van der Waals surface area contributed by atoms with Crippen LogP contribution in [-0.4, -0.2) is 34.3 Å². The topological polar surface area (TPSA) is 83.6 Å². The number of carbonyl (C=O) groups is 1. The van der Waals surface area contributed by atoms with Crippen molar-refractivity contribution in [2.75, 3.05) is 11.9 Å². The number of furan rings is 1. The molecule has 168 valence electrons. The van der Waals surface area contributed by atoms with Crippen molar-refractivity contribution in [3.8, 4) is 5.75 Å². The number of esters is 1. The van der Waals surface area contributed by atoms with Crippen LogP contribution in [0.4, 0.5) is 8.78 Å². The first-order chi connectivity index (χ1) is 14.9. The van der Waals surface area contributed by atoms with Gasteiger partial charge in [0, 0.05) is 10.7 Å². The summed E-state index contributed by atoms with van der Waals surface area (Å²) in [5, 5.41) is 5.75. The molecular weight excluding hydrogens is 478 g/mol. The van der Waals surface area contributed by atoms with Crippen molar-refractivity contribution in [2.45, 2.75) is 52.2 Å². The smallest absolute Gasteiger partial charge is 0.387 e. The summed E-state index contributed by atoms with van der Waals surface area (Å²) in [4.78, 5) is 25.3. The zero-order valence-electron chi connectivity index (χ0n) is 17.2. The van der Waals surface area contributed by atoms with Crippen LogP contribution in [0.3, 0.4) is 0 Å². The number of rotatable bonds is 5. The summed E-state index contributed by atoms with van der Waals surface area (Å²) in [6.07, 6.45) is 5.13. The molecule has 0 bridgehead atoms. The third-order valence-corrected chi connectivity index (χ3v) is 4.94. The van der Waals surface area contributed by atoms with Gasteiger partial charge in [-0.3, -0.25) is 4.79 Å². The van der Waals surface area contributed by atoms with E-state index < -0.39 is 18.1 Å². The lowest BCUT2D eigenvalue weighted by Crippen LogP contribution is -2.25. The van der Waals surface area contributed by atoms with Crippen molar-refractivity contribution >= 4 is 43.8 Å². The molecule has 0 spiro atoms. The number of halogens is 3. The van der Waals surface area contributed by atoms with Crippen LogP contribution in [0.2, 0.25) is 0 Å². The number of fused-ring (bicyclic) bond motifs is 3. The quantitative estimate of drug-likeness (QED) is 0.342. The fraction of sp³-hybridized carbons (Fsp3) is 0.476. The third-order valence-electron chi connectivity index (χ3n) is 4.94. The number of hydrogen-bond donors (Lipinski definition) is 0. The molecule has 10 heteroatoms. The molecule has 0 aliphatic heterocycles. The Morgan fingerprint density at radius 1 is 1.29 bits per heavy atom. The normalized spacial score (nSPS) is 14.1. The summed E-state index contributed by atoms with van der Waals surface area (Å²) in [7, 11) is 0. The zero-order valence-corrected chi connectivity index (χ0v) is 18.8. The Kier molecular flexibility index (Phi) is 7.64. The van der Waals surface area contributed by atoms with Crippen molar-refractivity contribution < 1.29 is 27.5 Å². The van der Waals surface area contributed by atoms with E-state index >= 15 is 0 Å². The summed E-state index contributed by atoms with van der Waals surface area (Å²) in [6.45, 7) is 0.745. The fourth-order valence-corrected chi connectivity index (χ4v) is 3.74. The minimum atomic E-state index is -3.09. The molecule has 1 aliphatic rings. The van der Waals surface area contributed by atoms with Crippen LogP contribution < -0.4 is 10.3 Å². The van der Waals surface area contributed by atoms with Crippen LogP contribution in [0.25, 0.3) is 21.9 Å². The van der Waals surface area contributed by atoms with Gasteiger partial charge in [-0.05, 0) is 31.9 Å². The molecule has 4 rings (SSSR count). The van der Waals surface area contributed by atoms with E-state index in [-0.39, 0.29) is 45.9 Å². The lowest BCUT2D eigenvalue weighted by atomic mass is 10.1. The average Bonchev–Trinajstić information content (AvgIpc) is 3.38. The van der Waals surface area contributed by atoms with Crippen LogP contribution in [0, 0.1) is 0 Å². The number of ether oxygens (including phenoxy) is 2. The van der Waals surface area contributed by atoms with E-state index in [2.05, 4.69) is 25.8 Å². The molecule has 1 aliphatic carbocycles. The number of benzene rings is 1. The molecule has 0 unspecified atom stereocenters. The molecule has 2 heterocycles. The highest BCUT2D eigenvalue weighted by atomic mass is 79.9. The summed E-state index contributed by atoms with van der Waals surface area (Å²) >= 11 is 3.15.